The molecule has 0 radical (unpaired) electrons. The van der Waals surface area contributed by atoms with E-state index in [1.54, 1.807) is 12.7 Å². The number of hydrogen-bond acceptors (Lipinski definition) is 6. The molecule has 0 aliphatic carbocycles. The van der Waals surface area contributed by atoms with Crippen LogP contribution in [0.3, 0.4) is 0 Å². The summed E-state index contributed by atoms with van der Waals surface area (Å²) in [5, 5.41) is 8.76. The highest BCUT2D eigenvalue weighted by Gasteiger charge is 2.22. The van der Waals surface area contributed by atoms with Crippen LogP contribution < -0.4 is 4.90 Å². The van der Waals surface area contributed by atoms with Gasteiger partial charge in [-0.05, 0) is 12.8 Å². The zero-order chi connectivity index (χ0) is 13.1. The minimum atomic E-state index is 0.0842. The van der Waals surface area contributed by atoms with E-state index >= 15 is 0 Å². The van der Waals surface area contributed by atoms with Gasteiger partial charge >= 0.3 is 0 Å². The number of rotatable bonds is 4. The zero-order valence-electron chi connectivity index (χ0n) is 10.6. The molecule has 102 valence electrons. The lowest BCUT2D eigenvalue weighted by molar-refractivity contribution is 0.0158. The number of piperidine rings is 1. The van der Waals surface area contributed by atoms with Crippen LogP contribution in [0, 0.1) is 0 Å². The van der Waals surface area contributed by atoms with E-state index < -0.39 is 0 Å². The van der Waals surface area contributed by atoms with Crippen LogP contribution >= 0.6 is 0 Å². The van der Waals surface area contributed by atoms with Crippen LogP contribution in [0.4, 0.5) is 5.82 Å². The van der Waals surface area contributed by atoms with Crippen LogP contribution in [0.1, 0.15) is 12.8 Å². The Morgan fingerprint density at radius 2 is 2.16 bits per heavy atom. The van der Waals surface area contributed by atoms with E-state index in [9.17, 15) is 0 Å². The molecule has 2 aromatic rings. The minimum absolute atomic E-state index is 0.0842. The summed E-state index contributed by atoms with van der Waals surface area (Å²) in [6.07, 6.45) is 5.31. The van der Waals surface area contributed by atoms with Crippen LogP contribution in [-0.4, -0.2) is 57.4 Å². The van der Waals surface area contributed by atoms with Gasteiger partial charge in [0.2, 0.25) is 0 Å². The number of aromatic nitrogens is 4. The van der Waals surface area contributed by atoms with Crippen molar-refractivity contribution in [1.82, 2.24) is 19.9 Å². The van der Waals surface area contributed by atoms with E-state index in [-0.39, 0.29) is 12.7 Å². The topological polar surface area (TPSA) is 87.2 Å². The molecule has 1 fully saturated rings. The first-order valence-corrected chi connectivity index (χ1v) is 6.50. The molecule has 0 spiro atoms. The Balaban J connectivity index is 1.69. The van der Waals surface area contributed by atoms with Crippen LogP contribution in [-0.2, 0) is 4.74 Å². The average Bonchev–Trinajstić information content (AvgIpc) is 2.94. The number of ether oxygens (including phenoxy) is 1. The number of fused-ring (bicyclic) bond motifs is 1. The van der Waals surface area contributed by atoms with Gasteiger partial charge < -0.3 is 19.7 Å². The number of hydrogen-bond donors (Lipinski definition) is 2. The smallest absolute Gasteiger partial charge is 0.182 e. The second-order valence-corrected chi connectivity index (χ2v) is 4.58. The van der Waals surface area contributed by atoms with Gasteiger partial charge in [-0.25, -0.2) is 15.0 Å². The third-order valence-corrected chi connectivity index (χ3v) is 3.39. The fraction of sp³-hybridized carbons (Fsp3) is 0.583. The van der Waals surface area contributed by atoms with E-state index in [0.717, 1.165) is 37.3 Å². The number of H-pyrrole nitrogens is 1. The van der Waals surface area contributed by atoms with Crippen molar-refractivity contribution < 1.29 is 9.84 Å². The van der Waals surface area contributed by atoms with Gasteiger partial charge in [-0.2, -0.15) is 0 Å². The standard InChI is InChI=1S/C12H17N5O2/c18-5-6-19-9-1-3-17(4-2-9)12-10-11(14-7-13-10)15-8-16-12/h7-9,18H,1-6H2,(H,13,14,15,16). The Labute approximate surface area is 110 Å². The molecule has 0 bridgehead atoms. The van der Waals surface area contributed by atoms with Gasteiger partial charge in [-0.15, -0.1) is 0 Å². The summed E-state index contributed by atoms with van der Waals surface area (Å²) in [7, 11) is 0. The Kier molecular flexibility index (Phi) is 3.56. The third-order valence-electron chi connectivity index (χ3n) is 3.39. The van der Waals surface area contributed by atoms with Gasteiger partial charge in [0.05, 0.1) is 25.6 Å². The van der Waals surface area contributed by atoms with E-state index in [2.05, 4.69) is 24.8 Å². The summed E-state index contributed by atoms with van der Waals surface area (Å²) in [4.78, 5) is 17.9. The molecule has 1 aliphatic rings. The van der Waals surface area contributed by atoms with Crippen LogP contribution in [0.25, 0.3) is 11.2 Å². The number of aliphatic hydroxyl groups excluding tert-OH is 1. The van der Waals surface area contributed by atoms with Gasteiger partial charge in [0, 0.05) is 13.1 Å². The van der Waals surface area contributed by atoms with Crippen molar-refractivity contribution >= 4 is 17.0 Å². The van der Waals surface area contributed by atoms with E-state index in [0.29, 0.717) is 12.3 Å². The first-order chi connectivity index (χ1) is 9.38. The quantitative estimate of drug-likeness (QED) is 0.826. The number of nitrogens with zero attached hydrogens (tertiary/aromatic N) is 4. The molecule has 7 nitrogen and oxygen atoms in total. The molecule has 2 N–H and O–H groups in total. The number of aliphatic hydroxyl groups is 1. The highest BCUT2D eigenvalue weighted by atomic mass is 16.5. The Morgan fingerprint density at radius 3 is 2.95 bits per heavy atom. The first kappa shape index (κ1) is 12.3. The predicted octanol–water partition coefficient (Wildman–Crippen LogP) is 0.331. The van der Waals surface area contributed by atoms with Crippen LogP contribution in [0.5, 0.6) is 0 Å². The molecular weight excluding hydrogens is 246 g/mol. The third kappa shape index (κ3) is 2.52. The van der Waals surface area contributed by atoms with Crippen molar-refractivity contribution in [2.75, 3.05) is 31.2 Å². The van der Waals surface area contributed by atoms with Gasteiger partial charge in [0.1, 0.15) is 11.8 Å². The fourth-order valence-corrected chi connectivity index (χ4v) is 2.45. The zero-order valence-corrected chi connectivity index (χ0v) is 10.6. The van der Waals surface area contributed by atoms with Crippen molar-refractivity contribution in [3.05, 3.63) is 12.7 Å². The molecule has 0 saturated carbocycles. The molecule has 3 heterocycles. The van der Waals surface area contributed by atoms with Crippen LogP contribution in [0.15, 0.2) is 12.7 Å². The second-order valence-electron chi connectivity index (χ2n) is 4.58. The second kappa shape index (κ2) is 5.50. The normalized spacial score (nSPS) is 17.2. The SMILES string of the molecule is OCCOC1CCN(c2ncnc3nc[nH]c23)CC1. The highest BCUT2D eigenvalue weighted by molar-refractivity contribution is 5.82. The molecule has 2 aromatic heterocycles. The summed E-state index contributed by atoms with van der Waals surface area (Å²) >= 11 is 0. The molecular formula is C12H17N5O2. The lowest BCUT2D eigenvalue weighted by Gasteiger charge is -2.32. The summed E-state index contributed by atoms with van der Waals surface area (Å²) < 4.78 is 5.56. The maximum atomic E-state index is 8.76. The Morgan fingerprint density at radius 1 is 1.32 bits per heavy atom. The summed E-state index contributed by atoms with van der Waals surface area (Å²) in [6.45, 7) is 2.28. The van der Waals surface area contributed by atoms with E-state index in [1.165, 1.54) is 0 Å². The predicted molar refractivity (Wildman–Crippen MR) is 70.0 cm³/mol. The molecule has 0 unspecified atom stereocenters. The molecule has 3 rings (SSSR count). The first-order valence-electron chi connectivity index (χ1n) is 6.50. The number of aromatic amines is 1. The van der Waals surface area contributed by atoms with Crippen molar-refractivity contribution in [1.29, 1.82) is 0 Å². The van der Waals surface area contributed by atoms with Gasteiger partial charge in [0.15, 0.2) is 11.5 Å². The molecule has 0 aromatic carbocycles. The number of imidazole rings is 1. The fourth-order valence-electron chi connectivity index (χ4n) is 2.45. The Hall–Kier alpha value is -1.73. The molecule has 0 atom stereocenters. The minimum Gasteiger partial charge on any atom is -0.394 e. The monoisotopic (exact) mass is 263 g/mol. The highest BCUT2D eigenvalue weighted by Crippen LogP contribution is 2.24. The maximum absolute atomic E-state index is 8.76. The van der Waals surface area contributed by atoms with Gasteiger partial charge in [-0.3, -0.25) is 0 Å². The molecule has 0 amide bonds. The molecule has 19 heavy (non-hydrogen) atoms. The van der Waals surface area contributed by atoms with Crippen LogP contribution in [0.2, 0.25) is 0 Å². The van der Waals surface area contributed by atoms with E-state index in [1.807, 2.05) is 0 Å². The summed E-state index contributed by atoms with van der Waals surface area (Å²) in [6, 6.07) is 0. The van der Waals surface area contributed by atoms with E-state index in [4.69, 9.17) is 9.84 Å². The van der Waals surface area contributed by atoms with Gasteiger partial charge in [0.25, 0.3) is 0 Å². The lowest BCUT2D eigenvalue weighted by Crippen LogP contribution is -2.38. The molecule has 1 saturated heterocycles. The Bertz CT molecular complexity index is 536. The van der Waals surface area contributed by atoms with Crippen molar-refractivity contribution in [3.63, 3.8) is 0 Å². The largest absolute Gasteiger partial charge is 0.394 e. The number of nitrogens with one attached hydrogen (secondary N) is 1. The average molecular weight is 263 g/mol. The van der Waals surface area contributed by atoms with Crippen molar-refractivity contribution in [2.24, 2.45) is 0 Å². The maximum Gasteiger partial charge on any atom is 0.182 e. The number of anilines is 1. The summed E-state index contributed by atoms with van der Waals surface area (Å²) in [5.74, 6) is 0.906. The lowest BCUT2D eigenvalue weighted by atomic mass is 10.1. The molecule has 7 heteroatoms. The van der Waals surface area contributed by atoms with Crippen molar-refractivity contribution in [3.8, 4) is 0 Å². The summed E-state index contributed by atoms with van der Waals surface area (Å²) in [5.41, 5.74) is 1.58. The van der Waals surface area contributed by atoms with Gasteiger partial charge in [-0.1, -0.05) is 0 Å². The molecule has 1 aliphatic heterocycles. The van der Waals surface area contributed by atoms with Crippen molar-refractivity contribution in [2.45, 2.75) is 18.9 Å².